The maximum Gasteiger partial charge on any atom is 0.160 e. The lowest BCUT2D eigenvalue weighted by Gasteiger charge is -2.41. The number of hydrogen-bond acceptors (Lipinski definition) is 4. The van der Waals surface area contributed by atoms with E-state index in [9.17, 15) is 5.11 Å². The average Bonchev–Trinajstić information content (AvgIpc) is 2.95. The van der Waals surface area contributed by atoms with Crippen LogP contribution in [0.1, 0.15) is 46.3 Å². The van der Waals surface area contributed by atoms with Gasteiger partial charge in [0.2, 0.25) is 0 Å². The van der Waals surface area contributed by atoms with E-state index in [2.05, 4.69) is 53.4 Å². The summed E-state index contributed by atoms with van der Waals surface area (Å²) in [6, 6.07) is 21.6. The Bertz CT molecular complexity index is 1060. The monoisotopic (exact) mass is 401 g/mol. The van der Waals surface area contributed by atoms with E-state index in [1.807, 2.05) is 12.1 Å². The highest BCUT2D eigenvalue weighted by Crippen LogP contribution is 2.47. The van der Waals surface area contributed by atoms with Crippen LogP contribution in [0.2, 0.25) is 0 Å². The molecule has 0 fully saturated rings. The molecular weight excluding hydrogens is 374 g/mol. The number of aromatic hydroxyl groups is 1. The Labute approximate surface area is 177 Å². The van der Waals surface area contributed by atoms with Crippen molar-refractivity contribution in [3.8, 4) is 17.2 Å². The molecule has 0 amide bonds. The van der Waals surface area contributed by atoms with Crippen LogP contribution in [0.4, 0.5) is 0 Å². The van der Waals surface area contributed by atoms with Crippen molar-refractivity contribution >= 4 is 0 Å². The molecule has 0 saturated carbocycles. The van der Waals surface area contributed by atoms with Crippen LogP contribution in [-0.2, 0) is 12.8 Å². The normalized spacial score (nSPS) is 20.5. The summed E-state index contributed by atoms with van der Waals surface area (Å²) in [6.45, 7) is 0.979. The molecule has 5 rings (SSSR count). The first-order valence-electron chi connectivity index (χ1n) is 10.6. The molecular formula is C26H27NO3. The van der Waals surface area contributed by atoms with E-state index in [0.717, 1.165) is 31.6 Å². The molecule has 2 aliphatic rings. The van der Waals surface area contributed by atoms with Crippen molar-refractivity contribution in [1.82, 2.24) is 4.90 Å². The predicted octanol–water partition coefficient (Wildman–Crippen LogP) is 5.04. The number of nitrogens with zero attached hydrogens (tertiary/aromatic N) is 1. The van der Waals surface area contributed by atoms with Crippen LogP contribution >= 0.6 is 0 Å². The average molecular weight is 402 g/mol. The van der Waals surface area contributed by atoms with Crippen molar-refractivity contribution in [1.29, 1.82) is 0 Å². The number of hydrogen-bond donors (Lipinski definition) is 1. The summed E-state index contributed by atoms with van der Waals surface area (Å²) in [5, 5.41) is 10.4. The van der Waals surface area contributed by atoms with Crippen molar-refractivity contribution < 1.29 is 14.6 Å². The van der Waals surface area contributed by atoms with Gasteiger partial charge in [-0.3, -0.25) is 4.90 Å². The third kappa shape index (κ3) is 3.12. The molecule has 30 heavy (non-hydrogen) atoms. The van der Waals surface area contributed by atoms with Crippen LogP contribution in [0.25, 0.3) is 0 Å². The smallest absolute Gasteiger partial charge is 0.160 e. The van der Waals surface area contributed by atoms with E-state index in [0.29, 0.717) is 11.8 Å². The zero-order valence-corrected chi connectivity index (χ0v) is 17.5. The van der Waals surface area contributed by atoms with E-state index in [4.69, 9.17) is 9.47 Å². The van der Waals surface area contributed by atoms with Gasteiger partial charge in [-0.05, 0) is 71.3 Å². The molecule has 0 aromatic heterocycles. The van der Waals surface area contributed by atoms with Gasteiger partial charge >= 0.3 is 0 Å². The van der Waals surface area contributed by atoms with Crippen molar-refractivity contribution in [2.75, 3.05) is 20.8 Å². The standard InChI is InChI=1S/C26H27NO3/c1-29-20-9-10-21-19(14-20)12-13-27-23(21)11-8-18-15-24(28)25(30-2)16-22(18)26(27)17-6-4-3-5-7-17/h3-7,9-10,14-16,23,26,28H,8,11-13H2,1-2H3/t23-,26-/m0/s1. The van der Waals surface area contributed by atoms with Crippen molar-refractivity contribution in [3.63, 3.8) is 0 Å². The number of aryl methyl sites for hydroxylation is 1. The summed E-state index contributed by atoms with van der Waals surface area (Å²) in [5.74, 6) is 1.68. The zero-order valence-electron chi connectivity index (χ0n) is 17.5. The van der Waals surface area contributed by atoms with Gasteiger partial charge in [0.15, 0.2) is 11.5 Å². The van der Waals surface area contributed by atoms with Crippen LogP contribution < -0.4 is 9.47 Å². The molecule has 0 unspecified atom stereocenters. The Morgan fingerprint density at radius 1 is 0.867 bits per heavy atom. The Morgan fingerprint density at radius 2 is 1.67 bits per heavy atom. The maximum atomic E-state index is 10.4. The van der Waals surface area contributed by atoms with Crippen LogP contribution in [0, 0.1) is 0 Å². The highest BCUT2D eigenvalue weighted by molar-refractivity contribution is 5.51. The van der Waals surface area contributed by atoms with Gasteiger partial charge < -0.3 is 14.6 Å². The van der Waals surface area contributed by atoms with E-state index >= 15 is 0 Å². The number of rotatable bonds is 3. The SMILES string of the molecule is COc1ccc2c(c1)CCN1[C@@H](c3ccccc3)c3cc(OC)c(O)cc3CC[C@@H]21. The number of methoxy groups -OCH3 is 2. The summed E-state index contributed by atoms with van der Waals surface area (Å²) in [4.78, 5) is 2.63. The number of ether oxygens (including phenoxy) is 2. The van der Waals surface area contributed by atoms with Gasteiger partial charge in [0.1, 0.15) is 5.75 Å². The highest BCUT2D eigenvalue weighted by atomic mass is 16.5. The quantitative estimate of drug-likeness (QED) is 0.667. The molecule has 154 valence electrons. The lowest BCUT2D eigenvalue weighted by molar-refractivity contribution is 0.143. The van der Waals surface area contributed by atoms with Gasteiger partial charge in [-0.1, -0.05) is 36.4 Å². The third-order valence-electron chi connectivity index (χ3n) is 6.62. The molecule has 0 bridgehead atoms. The van der Waals surface area contributed by atoms with E-state index in [1.54, 1.807) is 14.2 Å². The molecule has 0 spiro atoms. The fourth-order valence-electron chi connectivity index (χ4n) is 5.20. The first-order valence-corrected chi connectivity index (χ1v) is 10.6. The topological polar surface area (TPSA) is 41.9 Å². The summed E-state index contributed by atoms with van der Waals surface area (Å²) in [6.07, 6.45) is 2.93. The second-order valence-electron chi connectivity index (χ2n) is 8.14. The minimum Gasteiger partial charge on any atom is -0.504 e. The molecule has 0 radical (unpaired) electrons. The molecule has 0 saturated heterocycles. The third-order valence-corrected chi connectivity index (χ3v) is 6.62. The minimum atomic E-state index is 0.124. The summed E-state index contributed by atoms with van der Waals surface area (Å²) in [5.41, 5.74) is 6.48. The second-order valence-corrected chi connectivity index (χ2v) is 8.14. The molecule has 3 aromatic carbocycles. The molecule has 4 heteroatoms. The fraction of sp³-hybridized carbons (Fsp3) is 0.308. The lowest BCUT2D eigenvalue weighted by atomic mass is 9.88. The first-order chi connectivity index (χ1) is 14.7. The number of fused-ring (bicyclic) bond motifs is 4. The van der Waals surface area contributed by atoms with E-state index in [-0.39, 0.29) is 11.8 Å². The summed E-state index contributed by atoms with van der Waals surface area (Å²) < 4.78 is 10.9. The van der Waals surface area contributed by atoms with Crippen molar-refractivity contribution in [2.24, 2.45) is 0 Å². The zero-order chi connectivity index (χ0) is 20.7. The number of benzene rings is 3. The van der Waals surface area contributed by atoms with Gasteiger partial charge in [0.05, 0.1) is 20.3 Å². The van der Waals surface area contributed by atoms with Crippen molar-refractivity contribution in [2.45, 2.75) is 31.3 Å². The Morgan fingerprint density at radius 3 is 2.43 bits per heavy atom. The molecule has 3 aromatic rings. The lowest BCUT2D eigenvalue weighted by Crippen LogP contribution is -2.38. The van der Waals surface area contributed by atoms with Crippen molar-refractivity contribution in [3.05, 3.63) is 88.5 Å². The molecule has 4 nitrogen and oxygen atoms in total. The maximum absolute atomic E-state index is 10.4. The molecule has 2 heterocycles. The molecule has 2 atom stereocenters. The Kier molecular flexibility index (Phi) is 4.87. The molecule has 0 aliphatic carbocycles. The van der Waals surface area contributed by atoms with Gasteiger partial charge in [0, 0.05) is 12.6 Å². The summed E-state index contributed by atoms with van der Waals surface area (Å²) in [7, 11) is 3.34. The Hall–Kier alpha value is -2.98. The van der Waals surface area contributed by atoms with Gasteiger partial charge in [-0.25, -0.2) is 0 Å². The van der Waals surface area contributed by atoms with Crippen LogP contribution in [-0.4, -0.2) is 30.8 Å². The van der Waals surface area contributed by atoms with E-state index < -0.39 is 0 Å². The number of phenols is 1. The van der Waals surface area contributed by atoms with Gasteiger partial charge in [0.25, 0.3) is 0 Å². The molecule has 2 aliphatic heterocycles. The largest absolute Gasteiger partial charge is 0.504 e. The van der Waals surface area contributed by atoms with Crippen LogP contribution in [0.3, 0.4) is 0 Å². The minimum absolute atomic E-state index is 0.124. The molecule has 1 N–H and O–H groups in total. The first kappa shape index (κ1) is 19.0. The van der Waals surface area contributed by atoms with Crippen LogP contribution in [0.5, 0.6) is 17.2 Å². The highest BCUT2D eigenvalue weighted by Gasteiger charge is 2.37. The van der Waals surface area contributed by atoms with Gasteiger partial charge in [-0.2, -0.15) is 0 Å². The fourth-order valence-corrected chi connectivity index (χ4v) is 5.20. The summed E-state index contributed by atoms with van der Waals surface area (Å²) >= 11 is 0. The number of phenolic OH excluding ortho intramolecular Hbond substituents is 1. The predicted molar refractivity (Wildman–Crippen MR) is 117 cm³/mol. The Balaban J connectivity index is 1.67. The van der Waals surface area contributed by atoms with Crippen LogP contribution in [0.15, 0.2) is 60.7 Å². The van der Waals surface area contributed by atoms with Gasteiger partial charge in [-0.15, -0.1) is 0 Å². The second kappa shape index (κ2) is 7.69. The van der Waals surface area contributed by atoms with E-state index in [1.165, 1.54) is 27.8 Å².